The average Bonchev–Trinajstić information content (AvgIpc) is 2.27. The van der Waals surface area contributed by atoms with E-state index < -0.39 is 5.97 Å². The SMILES string of the molecule is C=C(C)C(=O)c1cccc(C(=O)OC)c1. The second kappa shape index (κ2) is 4.55. The third-order valence-electron chi connectivity index (χ3n) is 1.93. The van der Waals surface area contributed by atoms with Crippen molar-refractivity contribution in [2.45, 2.75) is 6.92 Å². The molecule has 0 atom stereocenters. The summed E-state index contributed by atoms with van der Waals surface area (Å²) >= 11 is 0. The highest BCUT2D eigenvalue weighted by Crippen LogP contribution is 2.10. The number of rotatable bonds is 3. The van der Waals surface area contributed by atoms with Crippen LogP contribution in [0.3, 0.4) is 0 Å². The largest absolute Gasteiger partial charge is 0.465 e. The molecule has 0 aliphatic heterocycles. The van der Waals surface area contributed by atoms with E-state index in [-0.39, 0.29) is 5.78 Å². The van der Waals surface area contributed by atoms with Gasteiger partial charge in [-0.3, -0.25) is 4.79 Å². The van der Waals surface area contributed by atoms with Crippen molar-refractivity contribution in [2.24, 2.45) is 0 Å². The Labute approximate surface area is 88.4 Å². The van der Waals surface area contributed by atoms with E-state index in [9.17, 15) is 9.59 Å². The van der Waals surface area contributed by atoms with E-state index in [1.807, 2.05) is 0 Å². The molecule has 0 unspecified atom stereocenters. The predicted octanol–water partition coefficient (Wildman–Crippen LogP) is 2.23. The third kappa shape index (κ3) is 2.53. The normalized spacial score (nSPS) is 9.47. The van der Waals surface area contributed by atoms with Gasteiger partial charge in [0.25, 0.3) is 0 Å². The molecule has 0 aliphatic rings. The first-order valence-corrected chi connectivity index (χ1v) is 4.45. The summed E-state index contributed by atoms with van der Waals surface area (Å²) in [7, 11) is 1.30. The van der Waals surface area contributed by atoms with Crippen LogP contribution in [0.15, 0.2) is 36.4 Å². The molecular formula is C12H12O3. The Bertz CT molecular complexity index is 419. The molecule has 0 radical (unpaired) electrons. The number of allylic oxidation sites excluding steroid dienone is 1. The van der Waals surface area contributed by atoms with Crippen molar-refractivity contribution < 1.29 is 14.3 Å². The number of hydrogen-bond donors (Lipinski definition) is 0. The maximum absolute atomic E-state index is 11.6. The maximum atomic E-state index is 11.6. The van der Waals surface area contributed by atoms with Crippen molar-refractivity contribution in [1.82, 2.24) is 0 Å². The van der Waals surface area contributed by atoms with Crippen LogP contribution >= 0.6 is 0 Å². The molecular weight excluding hydrogens is 192 g/mol. The summed E-state index contributed by atoms with van der Waals surface area (Å²) < 4.78 is 4.56. The molecule has 15 heavy (non-hydrogen) atoms. The highest BCUT2D eigenvalue weighted by Gasteiger charge is 2.10. The van der Waals surface area contributed by atoms with Crippen LogP contribution in [0.2, 0.25) is 0 Å². The lowest BCUT2D eigenvalue weighted by atomic mass is 10.0. The molecule has 1 aromatic carbocycles. The molecule has 0 saturated heterocycles. The lowest BCUT2D eigenvalue weighted by Crippen LogP contribution is -2.05. The van der Waals surface area contributed by atoms with Crippen molar-refractivity contribution >= 4 is 11.8 Å². The summed E-state index contributed by atoms with van der Waals surface area (Å²) in [5.74, 6) is -0.618. The van der Waals surface area contributed by atoms with E-state index in [0.717, 1.165) is 0 Å². The average molecular weight is 204 g/mol. The van der Waals surface area contributed by atoms with Gasteiger partial charge in [-0.25, -0.2) is 4.79 Å². The first kappa shape index (κ1) is 11.2. The van der Waals surface area contributed by atoms with Gasteiger partial charge in [0.15, 0.2) is 5.78 Å². The first-order valence-electron chi connectivity index (χ1n) is 4.45. The molecule has 1 rings (SSSR count). The Kier molecular flexibility index (Phi) is 3.39. The van der Waals surface area contributed by atoms with Crippen LogP contribution < -0.4 is 0 Å². The van der Waals surface area contributed by atoms with Gasteiger partial charge in [-0.2, -0.15) is 0 Å². The van der Waals surface area contributed by atoms with Gasteiger partial charge in [-0.05, 0) is 24.6 Å². The standard InChI is InChI=1S/C12H12O3/c1-8(2)11(13)9-5-4-6-10(7-9)12(14)15-3/h4-7H,1H2,2-3H3. The number of ether oxygens (including phenoxy) is 1. The first-order chi connectivity index (χ1) is 7.06. The summed E-state index contributed by atoms with van der Waals surface area (Å²) in [6.07, 6.45) is 0. The minimum Gasteiger partial charge on any atom is -0.465 e. The Hall–Kier alpha value is -1.90. The number of benzene rings is 1. The van der Waals surface area contributed by atoms with Gasteiger partial charge in [0.2, 0.25) is 0 Å². The van der Waals surface area contributed by atoms with Crippen LogP contribution in [0.1, 0.15) is 27.6 Å². The van der Waals surface area contributed by atoms with E-state index in [1.54, 1.807) is 25.1 Å². The molecule has 0 N–H and O–H groups in total. The minimum atomic E-state index is -0.452. The molecule has 0 saturated carbocycles. The van der Waals surface area contributed by atoms with Crippen molar-refractivity contribution in [3.8, 4) is 0 Å². The van der Waals surface area contributed by atoms with Gasteiger partial charge < -0.3 is 4.74 Å². The molecule has 3 heteroatoms. The van der Waals surface area contributed by atoms with Crippen molar-refractivity contribution in [2.75, 3.05) is 7.11 Å². The predicted molar refractivity (Wildman–Crippen MR) is 56.9 cm³/mol. The highest BCUT2D eigenvalue weighted by atomic mass is 16.5. The zero-order valence-corrected chi connectivity index (χ0v) is 8.74. The van der Waals surface area contributed by atoms with E-state index in [0.29, 0.717) is 16.7 Å². The number of ketones is 1. The van der Waals surface area contributed by atoms with E-state index in [4.69, 9.17) is 0 Å². The van der Waals surface area contributed by atoms with Crippen molar-refractivity contribution in [3.63, 3.8) is 0 Å². The molecule has 0 aromatic heterocycles. The second-order valence-corrected chi connectivity index (χ2v) is 3.18. The molecule has 0 aliphatic carbocycles. The highest BCUT2D eigenvalue weighted by molar-refractivity contribution is 6.08. The minimum absolute atomic E-state index is 0.166. The number of esters is 1. The number of carbonyl (C=O) groups is 2. The quantitative estimate of drug-likeness (QED) is 0.431. The number of hydrogen-bond acceptors (Lipinski definition) is 3. The molecule has 0 heterocycles. The second-order valence-electron chi connectivity index (χ2n) is 3.18. The summed E-state index contributed by atoms with van der Waals surface area (Å²) in [5, 5.41) is 0. The zero-order valence-electron chi connectivity index (χ0n) is 8.74. The van der Waals surface area contributed by atoms with Crippen molar-refractivity contribution in [1.29, 1.82) is 0 Å². The fourth-order valence-corrected chi connectivity index (χ4v) is 1.15. The monoisotopic (exact) mass is 204 g/mol. The Balaban J connectivity index is 3.08. The smallest absolute Gasteiger partial charge is 0.337 e. The van der Waals surface area contributed by atoms with Crippen LogP contribution in [0.5, 0.6) is 0 Å². The van der Waals surface area contributed by atoms with Gasteiger partial charge in [0.1, 0.15) is 0 Å². The summed E-state index contributed by atoms with van der Waals surface area (Å²) in [6, 6.07) is 6.38. The summed E-state index contributed by atoms with van der Waals surface area (Å²) in [4.78, 5) is 22.8. The van der Waals surface area contributed by atoms with Crippen LogP contribution in [-0.2, 0) is 4.74 Å². The van der Waals surface area contributed by atoms with Crippen molar-refractivity contribution in [3.05, 3.63) is 47.5 Å². The lowest BCUT2D eigenvalue weighted by molar-refractivity contribution is 0.0600. The number of methoxy groups -OCH3 is 1. The van der Waals surface area contributed by atoms with Crippen LogP contribution in [-0.4, -0.2) is 18.9 Å². The van der Waals surface area contributed by atoms with Gasteiger partial charge in [-0.1, -0.05) is 18.7 Å². The van der Waals surface area contributed by atoms with Gasteiger partial charge in [-0.15, -0.1) is 0 Å². The van der Waals surface area contributed by atoms with Gasteiger partial charge in [0.05, 0.1) is 12.7 Å². The topological polar surface area (TPSA) is 43.4 Å². The Morgan fingerprint density at radius 3 is 2.40 bits per heavy atom. The van der Waals surface area contributed by atoms with Crippen LogP contribution in [0.4, 0.5) is 0 Å². The van der Waals surface area contributed by atoms with E-state index in [2.05, 4.69) is 11.3 Å². The lowest BCUT2D eigenvalue weighted by Gasteiger charge is -2.02. The molecule has 3 nitrogen and oxygen atoms in total. The maximum Gasteiger partial charge on any atom is 0.337 e. The molecule has 78 valence electrons. The summed E-state index contributed by atoms with van der Waals surface area (Å²) in [6.45, 7) is 5.19. The fourth-order valence-electron chi connectivity index (χ4n) is 1.15. The Morgan fingerprint density at radius 2 is 1.87 bits per heavy atom. The van der Waals surface area contributed by atoms with E-state index in [1.165, 1.54) is 13.2 Å². The molecule has 0 bridgehead atoms. The Morgan fingerprint density at radius 1 is 1.27 bits per heavy atom. The number of carbonyl (C=O) groups excluding carboxylic acids is 2. The molecule has 0 amide bonds. The van der Waals surface area contributed by atoms with Gasteiger partial charge in [0, 0.05) is 5.56 Å². The van der Waals surface area contributed by atoms with Crippen LogP contribution in [0.25, 0.3) is 0 Å². The van der Waals surface area contributed by atoms with E-state index >= 15 is 0 Å². The van der Waals surface area contributed by atoms with Crippen LogP contribution in [0, 0.1) is 0 Å². The summed E-state index contributed by atoms with van der Waals surface area (Å²) in [5.41, 5.74) is 1.26. The van der Waals surface area contributed by atoms with Gasteiger partial charge >= 0.3 is 5.97 Å². The molecule has 0 fully saturated rings. The fraction of sp³-hybridized carbons (Fsp3) is 0.167. The zero-order chi connectivity index (χ0) is 11.4. The number of Topliss-reactive ketones (excluding diaryl/α,β-unsaturated/α-hetero) is 1. The third-order valence-corrected chi connectivity index (χ3v) is 1.93. The molecule has 1 aromatic rings. The molecule has 0 spiro atoms.